The second-order valence-corrected chi connectivity index (χ2v) is 10.7. The van der Waals surface area contributed by atoms with E-state index in [0.717, 1.165) is 17.6 Å². The summed E-state index contributed by atoms with van der Waals surface area (Å²) in [6.45, 7) is 1.35. The van der Waals surface area contributed by atoms with Gasteiger partial charge in [-0.05, 0) is 61.0 Å². The third-order valence-electron chi connectivity index (χ3n) is 6.11. The highest BCUT2D eigenvalue weighted by atomic mass is 32.2. The molecule has 9 nitrogen and oxygen atoms in total. The lowest BCUT2D eigenvalue weighted by Gasteiger charge is -2.23. The van der Waals surface area contributed by atoms with Crippen LogP contribution in [0, 0.1) is 0 Å². The number of aromatic nitrogens is 2. The van der Waals surface area contributed by atoms with Crippen LogP contribution in [0.25, 0.3) is 17.0 Å². The van der Waals surface area contributed by atoms with Crippen molar-refractivity contribution in [2.75, 3.05) is 20.0 Å². The Morgan fingerprint density at radius 2 is 1.66 bits per heavy atom. The number of ether oxygens (including phenoxy) is 3. The van der Waals surface area contributed by atoms with Crippen LogP contribution in [0.15, 0.2) is 79.1 Å². The van der Waals surface area contributed by atoms with E-state index in [1.807, 2.05) is 35.0 Å². The van der Waals surface area contributed by atoms with Crippen LogP contribution in [0.2, 0.25) is 0 Å². The van der Waals surface area contributed by atoms with Gasteiger partial charge in [-0.2, -0.15) is 8.42 Å². The summed E-state index contributed by atoms with van der Waals surface area (Å²) in [5.74, 6) is 1.20. The number of carbonyl (C=O) groups is 1. The minimum atomic E-state index is -3.78. The number of methoxy groups -OCH3 is 1. The quantitative estimate of drug-likeness (QED) is 0.295. The molecule has 10 heteroatoms. The van der Waals surface area contributed by atoms with Crippen LogP contribution < -0.4 is 9.47 Å². The Balaban J connectivity index is 1.42. The molecule has 1 unspecified atom stereocenters. The predicted octanol–water partition coefficient (Wildman–Crippen LogP) is 4.12. The normalized spacial score (nSPS) is 17.6. The largest absolute Gasteiger partial charge is 0.497 e. The zero-order valence-corrected chi connectivity index (χ0v) is 21.9. The molecule has 1 aliphatic rings. The molecule has 4 aromatic rings. The van der Waals surface area contributed by atoms with Crippen molar-refractivity contribution in [2.24, 2.45) is 0 Å². The number of hydrogen-bond acceptors (Lipinski definition) is 8. The van der Waals surface area contributed by atoms with Crippen LogP contribution in [-0.2, 0) is 30.4 Å². The molecule has 0 fully saturated rings. The van der Waals surface area contributed by atoms with Crippen LogP contribution in [-0.4, -0.2) is 49.2 Å². The van der Waals surface area contributed by atoms with Crippen molar-refractivity contribution in [3.63, 3.8) is 0 Å². The van der Waals surface area contributed by atoms with Gasteiger partial charge in [0.05, 0.1) is 24.6 Å². The minimum absolute atomic E-state index is 0.282. The predicted molar refractivity (Wildman–Crippen MR) is 141 cm³/mol. The zero-order valence-electron chi connectivity index (χ0n) is 21.1. The molecule has 5 rings (SSSR count). The first-order valence-electron chi connectivity index (χ1n) is 11.8. The second kappa shape index (κ2) is 9.96. The summed E-state index contributed by atoms with van der Waals surface area (Å²) < 4.78 is 47.4. The van der Waals surface area contributed by atoms with Gasteiger partial charge in [0, 0.05) is 18.0 Å². The van der Waals surface area contributed by atoms with Gasteiger partial charge < -0.3 is 18.6 Å². The Morgan fingerprint density at radius 1 is 0.974 bits per heavy atom. The maximum Gasteiger partial charge on any atom is 0.264 e. The highest BCUT2D eigenvalue weighted by Crippen LogP contribution is 2.42. The topological polar surface area (TPSA) is 105 Å². The van der Waals surface area contributed by atoms with Gasteiger partial charge in [-0.1, -0.05) is 18.2 Å². The van der Waals surface area contributed by atoms with E-state index in [0.29, 0.717) is 34.0 Å². The van der Waals surface area contributed by atoms with Gasteiger partial charge in [-0.3, -0.25) is 8.98 Å². The van der Waals surface area contributed by atoms with Crippen molar-refractivity contribution in [3.05, 3.63) is 95.9 Å². The number of pyridine rings is 1. The molecule has 1 atom stereocenters. The summed E-state index contributed by atoms with van der Waals surface area (Å²) in [6, 6.07) is 19.9. The molecule has 2 aromatic heterocycles. The van der Waals surface area contributed by atoms with Crippen LogP contribution >= 0.6 is 0 Å². The highest BCUT2D eigenvalue weighted by Gasteiger charge is 2.47. The van der Waals surface area contributed by atoms with E-state index in [4.69, 9.17) is 18.4 Å². The molecule has 38 heavy (non-hydrogen) atoms. The first-order valence-corrected chi connectivity index (χ1v) is 13.6. The van der Waals surface area contributed by atoms with Crippen LogP contribution in [0.3, 0.4) is 0 Å². The molecule has 0 N–H and O–H groups in total. The van der Waals surface area contributed by atoms with Gasteiger partial charge in [0.15, 0.2) is 5.60 Å². The number of ketones is 1. The average molecular weight is 535 g/mol. The molecule has 0 amide bonds. The molecule has 0 aliphatic carbocycles. The van der Waals surface area contributed by atoms with E-state index >= 15 is 0 Å². The van der Waals surface area contributed by atoms with E-state index in [-0.39, 0.29) is 12.4 Å². The Kier molecular flexibility index (Phi) is 6.68. The zero-order chi connectivity index (χ0) is 26.9. The Morgan fingerprint density at radius 3 is 2.32 bits per heavy atom. The van der Waals surface area contributed by atoms with E-state index < -0.39 is 22.3 Å². The molecule has 0 spiro atoms. The van der Waals surface area contributed by atoms with Gasteiger partial charge in [-0.25, -0.2) is 4.98 Å². The number of imidazole rings is 1. The van der Waals surface area contributed by atoms with Crippen LogP contribution in [0.1, 0.15) is 23.7 Å². The molecule has 2 aromatic carbocycles. The third-order valence-corrected chi connectivity index (χ3v) is 6.65. The Bertz CT molecular complexity index is 1590. The lowest BCUT2D eigenvalue weighted by molar-refractivity contribution is -0.128. The lowest BCUT2D eigenvalue weighted by atomic mass is 9.92. The maximum atomic E-state index is 13.6. The molecular weight excluding hydrogens is 508 g/mol. The van der Waals surface area contributed by atoms with Gasteiger partial charge in [0.2, 0.25) is 5.78 Å². The van der Waals surface area contributed by atoms with Gasteiger partial charge in [-0.15, -0.1) is 0 Å². The summed E-state index contributed by atoms with van der Waals surface area (Å²) in [7, 11) is -2.22. The molecule has 1 aliphatic heterocycles. The van der Waals surface area contributed by atoms with Gasteiger partial charge in [0.1, 0.15) is 36.1 Å². The molecule has 0 saturated carbocycles. The summed E-state index contributed by atoms with van der Waals surface area (Å²) in [5.41, 5.74) is 1.66. The lowest BCUT2D eigenvalue weighted by Crippen LogP contribution is -2.39. The van der Waals surface area contributed by atoms with Crippen molar-refractivity contribution < 1.29 is 31.6 Å². The second-order valence-electron chi connectivity index (χ2n) is 9.07. The average Bonchev–Trinajstić information content (AvgIpc) is 3.45. The molecule has 3 heterocycles. The van der Waals surface area contributed by atoms with E-state index in [2.05, 4.69) is 4.98 Å². The molecular formula is C28H26N2O7S. The number of carbonyl (C=O) groups excluding carboxylic acids is 1. The summed E-state index contributed by atoms with van der Waals surface area (Å²) in [5, 5.41) is 0. The van der Waals surface area contributed by atoms with Crippen molar-refractivity contribution >= 4 is 32.9 Å². The summed E-state index contributed by atoms with van der Waals surface area (Å²) in [6.07, 6.45) is 4.76. The fraction of sp³-hybridized carbons (Fsp3) is 0.214. The van der Waals surface area contributed by atoms with Crippen molar-refractivity contribution in [1.29, 1.82) is 0 Å². The van der Waals surface area contributed by atoms with Crippen LogP contribution in [0.4, 0.5) is 0 Å². The van der Waals surface area contributed by atoms with Crippen molar-refractivity contribution in [1.82, 2.24) is 9.38 Å². The molecule has 196 valence electrons. The Labute approximate surface area is 220 Å². The maximum absolute atomic E-state index is 13.6. The highest BCUT2D eigenvalue weighted by molar-refractivity contribution is 7.86. The fourth-order valence-electron chi connectivity index (χ4n) is 4.14. The number of rotatable bonds is 9. The number of benzene rings is 2. The van der Waals surface area contributed by atoms with E-state index in [1.165, 1.54) is 6.92 Å². The standard InChI is InChI=1S/C28H26N2O7S/c1-28(18-36-38(3,32)33)27(31)25(26(37-28)20-9-11-22(34-2)12-10-20)19-7-13-23(14-8-19)35-17-21-16-30-15-5-4-6-24(30)29-21/h4-16H,17-18H2,1-3H3. The molecule has 0 bridgehead atoms. The number of Topliss-reactive ketones (excluding diaryl/α,β-unsaturated/α-hetero) is 1. The monoisotopic (exact) mass is 534 g/mol. The fourth-order valence-corrected chi connectivity index (χ4v) is 4.58. The number of hydrogen-bond donors (Lipinski definition) is 0. The minimum Gasteiger partial charge on any atom is -0.497 e. The van der Waals surface area contributed by atoms with E-state index in [9.17, 15) is 13.2 Å². The number of nitrogens with zero attached hydrogens (tertiary/aromatic N) is 2. The smallest absolute Gasteiger partial charge is 0.264 e. The van der Waals surface area contributed by atoms with Crippen molar-refractivity contribution in [2.45, 2.75) is 19.1 Å². The molecule has 0 radical (unpaired) electrons. The number of fused-ring (bicyclic) bond motifs is 1. The first-order chi connectivity index (χ1) is 18.1. The summed E-state index contributed by atoms with van der Waals surface area (Å²) >= 11 is 0. The third kappa shape index (κ3) is 5.27. The van der Waals surface area contributed by atoms with E-state index in [1.54, 1.807) is 55.6 Å². The van der Waals surface area contributed by atoms with Crippen LogP contribution in [0.5, 0.6) is 11.5 Å². The first kappa shape index (κ1) is 25.5. The van der Waals surface area contributed by atoms with Gasteiger partial charge >= 0.3 is 0 Å². The van der Waals surface area contributed by atoms with Gasteiger partial charge in [0.25, 0.3) is 10.1 Å². The summed E-state index contributed by atoms with van der Waals surface area (Å²) in [4.78, 5) is 18.1. The van der Waals surface area contributed by atoms with Crippen molar-refractivity contribution in [3.8, 4) is 11.5 Å². The Hall–Kier alpha value is -4.15. The molecule has 0 saturated heterocycles. The SMILES string of the molecule is COc1ccc(C2=C(c3ccc(OCc4cn5ccccc5n4)cc3)C(=O)C(C)(COS(C)(=O)=O)O2)cc1.